The third-order valence-corrected chi connectivity index (χ3v) is 1.21. The van der Waals surface area contributed by atoms with Crippen LogP contribution in [0.1, 0.15) is 20.3 Å². The highest BCUT2D eigenvalue weighted by atomic mass is 16.5. The Hall–Kier alpha value is -0.830. The first-order valence-electron chi connectivity index (χ1n) is 3.64. The summed E-state index contributed by atoms with van der Waals surface area (Å²) in [6.45, 7) is 4.98. The Labute approximate surface area is 66.7 Å². The molecule has 0 heterocycles. The van der Waals surface area contributed by atoms with Crippen molar-refractivity contribution in [3.05, 3.63) is 11.6 Å². The van der Waals surface area contributed by atoms with E-state index in [0.717, 1.165) is 5.57 Å². The van der Waals surface area contributed by atoms with Crippen LogP contribution in [0.15, 0.2) is 11.6 Å². The normalized spacial score (nSPS) is 11.6. The molecule has 64 valence electrons. The molecule has 0 unspecified atom stereocenters. The zero-order chi connectivity index (χ0) is 8.69. The molecule has 0 aliphatic rings. The lowest BCUT2D eigenvalue weighted by molar-refractivity contribution is -0.131. The van der Waals surface area contributed by atoms with Gasteiger partial charge in [-0.1, -0.05) is 5.57 Å². The number of hydrogen-bond donors (Lipinski definition) is 1. The van der Waals surface area contributed by atoms with E-state index in [4.69, 9.17) is 9.84 Å². The van der Waals surface area contributed by atoms with E-state index < -0.39 is 5.97 Å². The lowest BCUT2D eigenvalue weighted by atomic mass is 10.2. The molecular weight excluding hydrogens is 144 g/mol. The number of aliphatic carboxylic acids is 1. The van der Waals surface area contributed by atoms with Gasteiger partial charge in [0.25, 0.3) is 0 Å². The van der Waals surface area contributed by atoms with Crippen LogP contribution < -0.4 is 0 Å². The third-order valence-electron chi connectivity index (χ3n) is 1.21. The minimum Gasteiger partial charge on any atom is -0.478 e. The Morgan fingerprint density at radius 2 is 2.27 bits per heavy atom. The van der Waals surface area contributed by atoms with Crippen LogP contribution in [0.5, 0.6) is 0 Å². The molecule has 0 rings (SSSR count). The van der Waals surface area contributed by atoms with Crippen molar-refractivity contribution in [2.45, 2.75) is 20.3 Å². The molecular formula is C8H14O3. The highest BCUT2D eigenvalue weighted by Crippen LogP contribution is 1.98. The molecule has 0 atom stereocenters. The molecule has 0 aromatic rings. The molecule has 0 fully saturated rings. The highest BCUT2D eigenvalue weighted by molar-refractivity contribution is 5.80. The van der Waals surface area contributed by atoms with Gasteiger partial charge in [0, 0.05) is 12.7 Å². The summed E-state index contributed by atoms with van der Waals surface area (Å²) in [6, 6.07) is 0. The quantitative estimate of drug-likeness (QED) is 0.486. The molecule has 0 bridgehead atoms. The standard InChI is InChI=1S/C8H14O3/c1-3-11-5-4-7(2)6-8(9)10/h6H,3-5H2,1-2H3,(H,9,10). The molecule has 0 spiro atoms. The fourth-order valence-corrected chi connectivity index (χ4v) is 0.660. The van der Waals surface area contributed by atoms with Crippen LogP contribution in [0.4, 0.5) is 0 Å². The van der Waals surface area contributed by atoms with Crippen molar-refractivity contribution in [2.24, 2.45) is 0 Å². The molecule has 3 nitrogen and oxygen atoms in total. The third kappa shape index (κ3) is 7.06. The van der Waals surface area contributed by atoms with Crippen LogP contribution in [0.25, 0.3) is 0 Å². The van der Waals surface area contributed by atoms with Gasteiger partial charge in [-0.05, 0) is 20.3 Å². The van der Waals surface area contributed by atoms with Crippen LogP contribution in [-0.2, 0) is 9.53 Å². The molecule has 11 heavy (non-hydrogen) atoms. The molecule has 0 aliphatic carbocycles. The number of carboxylic acid groups (broad SMARTS) is 1. The number of carbonyl (C=O) groups is 1. The molecule has 0 saturated heterocycles. The lowest BCUT2D eigenvalue weighted by Crippen LogP contribution is -1.96. The van der Waals surface area contributed by atoms with E-state index >= 15 is 0 Å². The van der Waals surface area contributed by atoms with Gasteiger partial charge in [0.2, 0.25) is 0 Å². The maximum Gasteiger partial charge on any atom is 0.328 e. The van der Waals surface area contributed by atoms with Crippen molar-refractivity contribution in [2.75, 3.05) is 13.2 Å². The minimum atomic E-state index is -0.890. The molecule has 0 aromatic heterocycles. The van der Waals surface area contributed by atoms with Crippen LogP contribution in [0, 0.1) is 0 Å². The van der Waals surface area contributed by atoms with Crippen molar-refractivity contribution in [1.29, 1.82) is 0 Å². The van der Waals surface area contributed by atoms with Gasteiger partial charge in [-0.25, -0.2) is 4.79 Å². The molecule has 0 aliphatic heterocycles. The smallest absolute Gasteiger partial charge is 0.328 e. The van der Waals surface area contributed by atoms with Crippen LogP contribution in [0.3, 0.4) is 0 Å². The van der Waals surface area contributed by atoms with Crippen molar-refractivity contribution in [3.63, 3.8) is 0 Å². The maximum atomic E-state index is 10.1. The van der Waals surface area contributed by atoms with Crippen molar-refractivity contribution in [3.8, 4) is 0 Å². The summed E-state index contributed by atoms with van der Waals surface area (Å²) in [5, 5.41) is 8.32. The Morgan fingerprint density at radius 3 is 2.73 bits per heavy atom. The number of rotatable bonds is 5. The maximum absolute atomic E-state index is 10.1. The van der Waals surface area contributed by atoms with E-state index in [9.17, 15) is 4.79 Å². The van der Waals surface area contributed by atoms with E-state index in [0.29, 0.717) is 19.6 Å². The first kappa shape index (κ1) is 10.2. The average Bonchev–Trinajstić information content (AvgIpc) is 1.86. The van der Waals surface area contributed by atoms with Gasteiger partial charge in [-0.15, -0.1) is 0 Å². The van der Waals surface area contributed by atoms with Gasteiger partial charge in [-0.2, -0.15) is 0 Å². The summed E-state index contributed by atoms with van der Waals surface area (Å²) < 4.78 is 5.05. The molecule has 3 heteroatoms. The monoisotopic (exact) mass is 158 g/mol. The Balaban J connectivity index is 3.51. The second-order valence-electron chi connectivity index (χ2n) is 2.28. The highest BCUT2D eigenvalue weighted by Gasteiger charge is 1.93. The van der Waals surface area contributed by atoms with Crippen LogP contribution in [-0.4, -0.2) is 24.3 Å². The molecule has 0 radical (unpaired) electrons. The summed E-state index contributed by atoms with van der Waals surface area (Å²) in [5.74, 6) is -0.890. The predicted octanol–water partition coefficient (Wildman–Crippen LogP) is 1.44. The van der Waals surface area contributed by atoms with Crippen molar-refractivity contribution in [1.82, 2.24) is 0 Å². The topological polar surface area (TPSA) is 46.5 Å². The summed E-state index contributed by atoms with van der Waals surface area (Å²) in [7, 11) is 0. The summed E-state index contributed by atoms with van der Waals surface area (Å²) in [4.78, 5) is 10.1. The molecule has 0 saturated carbocycles. The Morgan fingerprint density at radius 1 is 1.64 bits per heavy atom. The predicted molar refractivity (Wildman–Crippen MR) is 42.5 cm³/mol. The average molecular weight is 158 g/mol. The molecule has 1 N–H and O–H groups in total. The molecule has 0 aromatic carbocycles. The van der Waals surface area contributed by atoms with Crippen molar-refractivity contribution < 1.29 is 14.6 Å². The van der Waals surface area contributed by atoms with Gasteiger partial charge < -0.3 is 9.84 Å². The van der Waals surface area contributed by atoms with Crippen LogP contribution in [0.2, 0.25) is 0 Å². The fourth-order valence-electron chi connectivity index (χ4n) is 0.660. The summed E-state index contributed by atoms with van der Waals surface area (Å²) in [5.41, 5.74) is 0.839. The Kier molecular flexibility index (Phi) is 5.47. The van der Waals surface area contributed by atoms with Gasteiger partial charge in [0.1, 0.15) is 0 Å². The largest absolute Gasteiger partial charge is 0.478 e. The van der Waals surface area contributed by atoms with Crippen molar-refractivity contribution >= 4 is 5.97 Å². The van der Waals surface area contributed by atoms with E-state index in [1.165, 1.54) is 6.08 Å². The fraction of sp³-hybridized carbons (Fsp3) is 0.625. The summed E-state index contributed by atoms with van der Waals surface area (Å²) >= 11 is 0. The zero-order valence-corrected chi connectivity index (χ0v) is 6.96. The Bertz CT molecular complexity index is 149. The van der Waals surface area contributed by atoms with Gasteiger partial charge >= 0.3 is 5.97 Å². The second kappa shape index (κ2) is 5.92. The van der Waals surface area contributed by atoms with Gasteiger partial charge in [0.05, 0.1) is 6.61 Å². The summed E-state index contributed by atoms with van der Waals surface area (Å²) in [6.07, 6.45) is 1.90. The first-order chi connectivity index (χ1) is 5.16. The number of ether oxygens (including phenoxy) is 1. The first-order valence-corrected chi connectivity index (χ1v) is 3.64. The minimum absolute atomic E-state index is 0.603. The van der Waals surface area contributed by atoms with E-state index in [1.807, 2.05) is 6.92 Å². The SMILES string of the molecule is CCOCCC(C)=CC(=O)O. The zero-order valence-electron chi connectivity index (χ0n) is 6.96. The van der Waals surface area contributed by atoms with E-state index in [2.05, 4.69) is 0 Å². The van der Waals surface area contributed by atoms with Crippen LogP contribution >= 0.6 is 0 Å². The van der Waals surface area contributed by atoms with E-state index in [1.54, 1.807) is 6.92 Å². The molecule has 0 amide bonds. The van der Waals surface area contributed by atoms with Gasteiger partial charge in [0.15, 0.2) is 0 Å². The number of hydrogen-bond acceptors (Lipinski definition) is 2. The lowest BCUT2D eigenvalue weighted by Gasteiger charge is -1.99. The van der Waals surface area contributed by atoms with Gasteiger partial charge in [-0.3, -0.25) is 0 Å². The number of carboxylic acids is 1. The van der Waals surface area contributed by atoms with E-state index in [-0.39, 0.29) is 0 Å². The second-order valence-corrected chi connectivity index (χ2v) is 2.28.